The van der Waals surface area contributed by atoms with Crippen LogP contribution in [0, 0.1) is 5.92 Å². The van der Waals surface area contributed by atoms with Crippen molar-refractivity contribution in [3.8, 4) is 0 Å². The van der Waals surface area contributed by atoms with E-state index in [4.69, 9.17) is 18.0 Å². The van der Waals surface area contributed by atoms with E-state index in [0.29, 0.717) is 30.5 Å². The molecule has 1 amide bonds. The summed E-state index contributed by atoms with van der Waals surface area (Å²) >= 11 is 4.80. The minimum Gasteiger partial charge on any atom is -0.392 e. The fourth-order valence-electron chi connectivity index (χ4n) is 1.08. The van der Waals surface area contributed by atoms with Crippen LogP contribution < -0.4 is 11.1 Å². The van der Waals surface area contributed by atoms with Gasteiger partial charge in [0.15, 0.2) is 0 Å². The van der Waals surface area contributed by atoms with Crippen LogP contribution in [0.15, 0.2) is 0 Å². The van der Waals surface area contributed by atoms with Crippen molar-refractivity contribution >= 4 is 23.1 Å². The molecule has 0 heterocycles. The molecule has 0 aliphatic carbocycles. The van der Waals surface area contributed by atoms with Crippen LogP contribution in [0.2, 0.25) is 0 Å². The van der Waals surface area contributed by atoms with Gasteiger partial charge in [0.05, 0.1) is 11.5 Å². The number of hydrogen-bond acceptors (Lipinski definition) is 3. The van der Waals surface area contributed by atoms with Crippen molar-refractivity contribution in [2.24, 2.45) is 11.7 Å². The summed E-state index contributed by atoms with van der Waals surface area (Å²) in [6.45, 7) is 8.45. The lowest BCUT2D eigenvalue weighted by Gasteiger charge is -2.19. The first kappa shape index (κ1) is 14.3. The lowest BCUT2D eigenvalue weighted by Crippen LogP contribution is -2.41. The van der Waals surface area contributed by atoms with Gasteiger partial charge in [-0.1, -0.05) is 33.0 Å². The van der Waals surface area contributed by atoms with E-state index < -0.39 is 0 Å². The van der Waals surface area contributed by atoms with E-state index in [9.17, 15) is 4.79 Å². The second kappa shape index (κ2) is 7.59. The van der Waals surface area contributed by atoms with Crippen LogP contribution in [0.4, 0.5) is 0 Å². The molecule has 0 unspecified atom stereocenters. The first-order chi connectivity index (χ1) is 6.95. The van der Waals surface area contributed by atoms with E-state index in [0.717, 1.165) is 6.54 Å². The van der Waals surface area contributed by atoms with Crippen LogP contribution in [-0.2, 0) is 4.79 Å². The highest BCUT2D eigenvalue weighted by Gasteiger charge is 2.09. The highest BCUT2D eigenvalue weighted by Crippen LogP contribution is 1.90. The third-order valence-electron chi connectivity index (χ3n) is 1.90. The van der Waals surface area contributed by atoms with Gasteiger partial charge in [0, 0.05) is 13.1 Å². The third-order valence-corrected chi connectivity index (χ3v) is 2.03. The number of amides is 1. The quantitative estimate of drug-likeness (QED) is 0.621. The lowest BCUT2D eigenvalue weighted by atomic mass is 10.2. The molecule has 0 aliphatic rings. The summed E-state index contributed by atoms with van der Waals surface area (Å²) in [6.07, 6.45) is 0. The molecule has 0 saturated heterocycles. The number of carbonyl (C=O) groups is 1. The van der Waals surface area contributed by atoms with Crippen molar-refractivity contribution < 1.29 is 4.79 Å². The molecular weight excluding hydrogens is 210 g/mol. The predicted molar refractivity (Wildman–Crippen MR) is 66.7 cm³/mol. The highest BCUT2D eigenvalue weighted by atomic mass is 32.1. The van der Waals surface area contributed by atoms with Gasteiger partial charge in [0.1, 0.15) is 0 Å². The number of nitrogens with two attached hydrogens (primary N) is 1. The molecule has 0 spiro atoms. The summed E-state index contributed by atoms with van der Waals surface area (Å²) in [4.78, 5) is 13.8. The van der Waals surface area contributed by atoms with E-state index in [1.165, 1.54) is 0 Å². The van der Waals surface area contributed by atoms with E-state index >= 15 is 0 Å². The Morgan fingerprint density at radius 2 is 2.07 bits per heavy atom. The Balaban J connectivity index is 3.85. The molecule has 0 aromatic carbocycles. The van der Waals surface area contributed by atoms with Crippen molar-refractivity contribution in [1.82, 2.24) is 10.2 Å². The lowest BCUT2D eigenvalue weighted by molar-refractivity contribution is -0.122. The van der Waals surface area contributed by atoms with E-state index in [1.807, 2.05) is 11.8 Å². The van der Waals surface area contributed by atoms with Crippen molar-refractivity contribution in [3.05, 3.63) is 0 Å². The second-order valence-corrected chi connectivity index (χ2v) is 4.49. The van der Waals surface area contributed by atoms with Crippen molar-refractivity contribution in [1.29, 1.82) is 0 Å². The smallest absolute Gasteiger partial charge is 0.234 e. The standard InChI is InChI=1S/C10H21N3OS/c1-4-13(6-9(11)15)7-10(14)12-5-8(2)3/h8H,4-7H2,1-3H3,(H2,11,15)(H,12,14). The van der Waals surface area contributed by atoms with Crippen molar-refractivity contribution in [2.45, 2.75) is 20.8 Å². The summed E-state index contributed by atoms with van der Waals surface area (Å²) in [5.74, 6) is 0.501. The van der Waals surface area contributed by atoms with Gasteiger partial charge in [-0.25, -0.2) is 0 Å². The molecule has 0 aromatic rings. The van der Waals surface area contributed by atoms with Crippen LogP contribution in [-0.4, -0.2) is 42.0 Å². The number of carbonyl (C=O) groups excluding carboxylic acids is 1. The van der Waals surface area contributed by atoms with Crippen LogP contribution >= 0.6 is 12.2 Å². The molecule has 0 atom stereocenters. The van der Waals surface area contributed by atoms with Crippen LogP contribution in [0.1, 0.15) is 20.8 Å². The summed E-state index contributed by atoms with van der Waals surface area (Å²) in [5.41, 5.74) is 5.42. The fourth-order valence-corrected chi connectivity index (χ4v) is 1.26. The van der Waals surface area contributed by atoms with E-state index in [1.54, 1.807) is 0 Å². The zero-order valence-corrected chi connectivity index (χ0v) is 10.6. The Morgan fingerprint density at radius 3 is 2.47 bits per heavy atom. The van der Waals surface area contributed by atoms with Gasteiger partial charge in [0.2, 0.25) is 5.91 Å². The molecule has 0 aliphatic heterocycles. The van der Waals surface area contributed by atoms with Crippen molar-refractivity contribution in [3.63, 3.8) is 0 Å². The summed E-state index contributed by atoms with van der Waals surface area (Å²) in [5, 5.41) is 2.86. The Morgan fingerprint density at radius 1 is 1.47 bits per heavy atom. The molecule has 3 N–H and O–H groups in total. The minimum absolute atomic E-state index is 0.0294. The Kier molecular flexibility index (Phi) is 7.25. The van der Waals surface area contributed by atoms with Crippen LogP contribution in [0.3, 0.4) is 0 Å². The van der Waals surface area contributed by atoms with Gasteiger partial charge in [-0.3, -0.25) is 9.69 Å². The Bertz CT molecular complexity index is 219. The summed E-state index contributed by atoms with van der Waals surface area (Å²) < 4.78 is 0. The molecular formula is C10H21N3OS. The second-order valence-electron chi connectivity index (χ2n) is 3.97. The number of hydrogen-bond donors (Lipinski definition) is 2. The molecule has 0 fully saturated rings. The zero-order valence-electron chi connectivity index (χ0n) is 9.75. The van der Waals surface area contributed by atoms with E-state index in [-0.39, 0.29) is 5.91 Å². The Hall–Kier alpha value is -0.680. The summed E-state index contributed by atoms with van der Waals surface area (Å²) in [6, 6.07) is 0. The molecule has 88 valence electrons. The van der Waals surface area contributed by atoms with Gasteiger partial charge < -0.3 is 11.1 Å². The van der Waals surface area contributed by atoms with Crippen molar-refractivity contribution in [2.75, 3.05) is 26.2 Å². The average molecular weight is 231 g/mol. The number of rotatable bonds is 7. The largest absolute Gasteiger partial charge is 0.392 e. The predicted octanol–water partition coefficient (Wildman–Crippen LogP) is 0.367. The van der Waals surface area contributed by atoms with Gasteiger partial charge >= 0.3 is 0 Å². The SMILES string of the molecule is CCN(CC(=O)NCC(C)C)CC(N)=S. The Labute approximate surface area is 97.2 Å². The molecule has 0 aromatic heterocycles. The maximum Gasteiger partial charge on any atom is 0.234 e. The third kappa shape index (κ3) is 8.32. The molecule has 15 heavy (non-hydrogen) atoms. The number of likely N-dealkylation sites (N-methyl/N-ethyl adjacent to an activating group) is 1. The first-order valence-corrected chi connectivity index (χ1v) is 5.63. The normalized spacial score (nSPS) is 10.7. The molecule has 0 saturated carbocycles. The van der Waals surface area contributed by atoms with Crippen LogP contribution in [0.5, 0.6) is 0 Å². The average Bonchev–Trinajstić information content (AvgIpc) is 2.13. The topological polar surface area (TPSA) is 58.4 Å². The maximum atomic E-state index is 11.5. The zero-order chi connectivity index (χ0) is 11.8. The van der Waals surface area contributed by atoms with Gasteiger partial charge in [0.25, 0.3) is 0 Å². The van der Waals surface area contributed by atoms with Gasteiger partial charge in [-0.05, 0) is 12.5 Å². The number of thiocarbonyl (C=S) groups is 1. The van der Waals surface area contributed by atoms with E-state index in [2.05, 4.69) is 19.2 Å². The number of nitrogens with zero attached hydrogens (tertiary/aromatic N) is 1. The fraction of sp³-hybridized carbons (Fsp3) is 0.800. The molecule has 0 radical (unpaired) electrons. The summed E-state index contributed by atoms with van der Waals surface area (Å²) in [7, 11) is 0. The molecule has 5 heteroatoms. The minimum atomic E-state index is 0.0294. The maximum absolute atomic E-state index is 11.5. The van der Waals surface area contributed by atoms with Gasteiger partial charge in [-0.15, -0.1) is 0 Å². The number of nitrogens with one attached hydrogen (secondary N) is 1. The monoisotopic (exact) mass is 231 g/mol. The van der Waals surface area contributed by atoms with Crippen LogP contribution in [0.25, 0.3) is 0 Å². The molecule has 0 bridgehead atoms. The molecule has 4 nitrogen and oxygen atoms in total. The first-order valence-electron chi connectivity index (χ1n) is 5.23. The highest BCUT2D eigenvalue weighted by molar-refractivity contribution is 7.80. The van der Waals surface area contributed by atoms with Gasteiger partial charge in [-0.2, -0.15) is 0 Å². The molecule has 0 rings (SSSR count).